The van der Waals surface area contributed by atoms with Crippen molar-refractivity contribution in [2.75, 3.05) is 53.7 Å². The van der Waals surface area contributed by atoms with Gasteiger partial charge < -0.3 is 51.0 Å². The number of likely N-dealkylation sites (tertiary alicyclic amines) is 2. The minimum atomic E-state index is -1.18. The Balaban J connectivity index is 1.13. The van der Waals surface area contributed by atoms with Gasteiger partial charge in [0.15, 0.2) is 0 Å². The number of amides is 9. The molecule has 24 nitrogen and oxygen atoms in total. The van der Waals surface area contributed by atoms with Crippen molar-refractivity contribution < 1.29 is 62.5 Å². The van der Waals surface area contributed by atoms with E-state index < -0.39 is 83.3 Å². The molecule has 0 bridgehead atoms. The van der Waals surface area contributed by atoms with Crippen molar-refractivity contribution in [1.82, 2.24) is 51.4 Å². The summed E-state index contributed by atoms with van der Waals surface area (Å²) >= 11 is 1.05. The van der Waals surface area contributed by atoms with Crippen molar-refractivity contribution in [3.63, 3.8) is 0 Å². The lowest BCUT2D eigenvalue weighted by atomic mass is 9.89. The number of aliphatic carboxylic acids is 1. The predicted octanol–water partition coefficient (Wildman–Crippen LogP) is 4.29. The summed E-state index contributed by atoms with van der Waals surface area (Å²) in [4.78, 5) is 143. The van der Waals surface area contributed by atoms with E-state index in [1.165, 1.54) is 14.2 Å². The summed E-state index contributed by atoms with van der Waals surface area (Å²) in [5.41, 5.74) is 13.1. The second-order valence-electron chi connectivity index (χ2n) is 24.7. The lowest BCUT2D eigenvalue weighted by molar-refractivity contribution is -0.148. The number of nitrogens with zero attached hydrogens (tertiary/aromatic N) is 4. The molecule has 1 aromatic heterocycles. The van der Waals surface area contributed by atoms with Gasteiger partial charge in [-0.1, -0.05) is 110 Å². The number of aromatic amines is 1. The molecule has 2 aliphatic rings. The Morgan fingerprint density at radius 3 is 2.12 bits per heavy atom. The number of hydrogen-bond acceptors (Lipinski definition) is 15. The Morgan fingerprint density at radius 1 is 0.822 bits per heavy atom. The number of likely N-dealkylation sites (N-methyl/N-ethyl adjacent to an activating group) is 2. The highest BCUT2D eigenvalue weighted by Gasteiger charge is 2.44. The zero-order valence-corrected chi connectivity index (χ0v) is 55.2. The third-order valence-corrected chi connectivity index (χ3v) is 18.8. The largest absolute Gasteiger partial charge is 0.480 e. The first kappa shape index (κ1) is 73.8. The van der Waals surface area contributed by atoms with Gasteiger partial charge in [0.25, 0.3) is 0 Å². The molecule has 0 aliphatic carbocycles. The summed E-state index contributed by atoms with van der Waals surface area (Å²) in [7, 11) is 6.50. The first-order chi connectivity index (χ1) is 42.8. The minimum Gasteiger partial charge on any atom is -0.480 e. The number of hydrazine groups is 1. The monoisotopic (exact) mass is 1270 g/mol. The maximum atomic E-state index is 14.8. The van der Waals surface area contributed by atoms with Crippen LogP contribution in [-0.4, -0.2) is 196 Å². The molecule has 2 saturated heterocycles. The van der Waals surface area contributed by atoms with Crippen LogP contribution >= 0.6 is 11.8 Å². The van der Waals surface area contributed by atoms with Crippen LogP contribution in [0.3, 0.4) is 0 Å². The van der Waals surface area contributed by atoms with E-state index in [0.717, 1.165) is 38.7 Å². The number of thioether (sulfide) groups is 1. The molecule has 90 heavy (non-hydrogen) atoms. The van der Waals surface area contributed by atoms with E-state index in [0.29, 0.717) is 58.0 Å². The molecular formula is C65H99N11O13S. The first-order valence-corrected chi connectivity index (χ1v) is 32.7. The number of carboxylic acid groups (broad SMARTS) is 1. The molecule has 9 amide bonds. The number of carboxylic acids is 1. The van der Waals surface area contributed by atoms with Crippen LogP contribution in [0.2, 0.25) is 0 Å². The Labute approximate surface area is 534 Å². The molecular weight excluding hydrogens is 1170 g/mol. The van der Waals surface area contributed by atoms with Gasteiger partial charge in [-0.25, -0.2) is 0 Å². The summed E-state index contributed by atoms with van der Waals surface area (Å²) in [6.45, 7) is 14.5. The SMILES string of the molecule is CCC(C)C(C(CC(=O)N1CCC[C@H]1C(OC)C(C)C(=O)NC(Cc1c[nH]c2ccccc12)C(=O)NCc1ccccc1)OC)N(C)C(=O)C(NC(=O)C(C(C)C)N(C)CCCC(=O)NNC(=O)CCCCCN1C(=O)CC(SCC(N)C(=O)O)C1=O)C(C)C. The topological polar surface area (TPSA) is 324 Å². The van der Waals surface area contributed by atoms with E-state index >= 15 is 0 Å². The van der Waals surface area contributed by atoms with Crippen LogP contribution in [0.15, 0.2) is 60.8 Å². The predicted molar refractivity (Wildman–Crippen MR) is 344 cm³/mol. The van der Waals surface area contributed by atoms with E-state index in [4.69, 9.17) is 20.3 Å². The number of rotatable bonds is 37. The van der Waals surface area contributed by atoms with Crippen molar-refractivity contribution in [3.05, 3.63) is 71.9 Å². The van der Waals surface area contributed by atoms with Gasteiger partial charge in [-0.05, 0) is 80.6 Å². The van der Waals surface area contributed by atoms with Gasteiger partial charge in [-0.3, -0.25) is 68.6 Å². The van der Waals surface area contributed by atoms with Crippen LogP contribution in [0.4, 0.5) is 0 Å². The Kier molecular flexibility index (Phi) is 29.7. The zero-order chi connectivity index (χ0) is 66.4. The number of ether oxygens (including phenoxy) is 2. The van der Waals surface area contributed by atoms with Gasteiger partial charge in [-0.15, -0.1) is 11.8 Å². The molecule has 3 aromatic rings. The molecule has 25 heteroatoms. The highest BCUT2D eigenvalue weighted by Crippen LogP contribution is 2.31. The highest BCUT2D eigenvalue weighted by molar-refractivity contribution is 8.00. The number of methoxy groups -OCH3 is 2. The van der Waals surface area contributed by atoms with Gasteiger partial charge in [0, 0.05) is 89.4 Å². The molecule has 11 atom stereocenters. The summed E-state index contributed by atoms with van der Waals surface area (Å²) in [6, 6.07) is 12.5. The Bertz CT molecular complexity index is 2890. The zero-order valence-electron chi connectivity index (χ0n) is 54.4. The lowest BCUT2D eigenvalue weighted by Gasteiger charge is -2.41. The number of nitrogens with two attached hydrogens (primary N) is 1. The average molecular weight is 1270 g/mol. The number of carbonyl (C=O) groups is 10. The van der Waals surface area contributed by atoms with Crippen molar-refractivity contribution in [3.8, 4) is 0 Å². The first-order valence-electron chi connectivity index (χ1n) is 31.6. The standard InChI is InChI=1S/C65H99N11O13S/c1-12-41(6)58(50(88-10)34-54(79)75-32-21-27-49(75)59(89-11)42(7)60(81)69-48(61(82)68-36-43-23-15-13-16-24-43)33-44-37-67-47-26-19-18-25-45(44)47)74(9)64(85)56(39(2)3)70-62(83)57(40(4)5)73(8)30-22-29-53(78)72-71-52(77)28-17-14-20-31-76-55(80)35-51(63(76)84)90-38-46(66)65(86)87/h13,15-16,18-19,23-26,37,39-42,46,48-51,56-59,67H,12,14,17,20-22,27-36,38,66H2,1-11H3,(H,68,82)(H,69,81)(H,70,83)(H,71,77)(H,72,78)(H,86,87)/t41?,42?,46?,48?,49-,50?,51?,56?,57?,58?,59?/m0/s1. The molecule has 2 aromatic carbocycles. The molecule has 2 aliphatic heterocycles. The number of imide groups is 1. The van der Waals surface area contributed by atoms with E-state index in [1.54, 1.807) is 30.8 Å². The maximum absolute atomic E-state index is 14.8. The molecule has 498 valence electrons. The second kappa shape index (κ2) is 36.2. The normalized spacial score (nSPS) is 18.2. The molecule has 3 heterocycles. The van der Waals surface area contributed by atoms with Crippen LogP contribution in [0, 0.1) is 23.7 Å². The number of carbonyl (C=O) groups excluding carboxylic acids is 9. The van der Waals surface area contributed by atoms with E-state index in [-0.39, 0.29) is 104 Å². The van der Waals surface area contributed by atoms with Crippen molar-refractivity contribution in [2.24, 2.45) is 29.4 Å². The number of aromatic nitrogens is 1. The fraction of sp³-hybridized carbons (Fsp3) is 0.631. The summed E-state index contributed by atoms with van der Waals surface area (Å²) < 4.78 is 12.2. The number of unbranched alkanes of at least 4 members (excludes halogenated alkanes) is 2. The van der Waals surface area contributed by atoms with Gasteiger partial charge in [-0.2, -0.15) is 0 Å². The van der Waals surface area contributed by atoms with E-state index in [9.17, 15) is 47.9 Å². The third kappa shape index (κ3) is 20.8. The maximum Gasteiger partial charge on any atom is 0.321 e. The molecule has 10 unspecified atom stereocenters. The average Bonchev–Trinajstić information content (AvgIpc) is 1.54. The summed E-state index contributed by atoms with van der Waals surface area (Å²) in [5.74, 6) is -5.86. The molecule has 0 spiro atoms. The second-order valence-corrected chi connectivity index (χ2v) is 25.9. The molecule has 2 fully saturated rings. The Hall–Kier alpha value is -6.93. The van der Waals surface area contributed by atoms with Crippen LogP contribution in [0.1, 0.15) is 130 Å². The highest BCUT2D eigenvalue weighted by atomic mass is 32.2. The fourth-order valence-corrected chi connectivity index (χ4v) is 13.3. The van der Waals surface area contributed by atoms with Crippen LogP contribution in [0.25, 0.3) is 10.9 Å². The van der Waals surface area contributed by atoms with Crippen molar-refractivity contribution in [1.29, 1.82) is 0 Å². The minimum absolute atomic E-state index is 0.00751. The van der Waals surface area contributed by atoms with Gasteiger partial charge in [0.05, 0.1) is 47.9 Å². The van der Waals surface area contributed by atoms with Crippen LogP contribution in [0.5, 0.6) is 0 Å². The smallest absolute Gasteiger partial charge is 0.321 e. The molecule has 0 saturated carbocycles. The lowest BCUT2D eigenvalue weighted by Crippen LogP contribution is -2.60. The summed E-state index contributed by atoms with van der Waals surface area (Å²) in [5, 5.41) is 18.4. The number of fused-ring (bicyclic) bond motifs is 1. The molecule has 5 rings (SSSR count). The molecule has 0 radical (unpaired) electrons. The van der Waals surface area contributed by atoms with Crippen LogP contribution in [-0.2, 0) is 70.4 Å². The fourth-order valence-electron chi connectivity index (χ4n) is 12.2. The van der Waals surface area contributed by atoms with E-state index in [1.807, 2.05) is 107 Å². The number of para-hydroxylation sites is 1. The number of benzene rings is 2. The van der Waals surface area contributed by atoms with Crippen LogP contribution < -0.4 is 32.5 Å². The van der Waals surface area contributed by atoms with Gasteiger partial charge in [0.1, 0.15) is 18.1 Å². The van der Waals surface area contributed by atoms with Gasteiger partial charge >= 0.3 is 5.97 Å². The van der Waals surface area contributed by atoms with Gasteiger partial charge in [0.2, 0.25) is 53.2 Å². The number of hydrogen-bond donors (Lipinski definition) is 8. The number of nitrogens with one attached hydrogen (secondary N) is 6. The van der Waals surface area contributed by atoms with Crippen molar-refractivity contribution >= 4 is 81.8 Å². The quantitative estimate of drug-likeness (QED) is 0.0227. The summed E-state index contributed by atoms with van der Waals surface area (Å²) in [6.07, 6.45) is 4.31. The third-order valence-electron chi connectivity index (χ3n) is 17.4. The molecule has 9 N–H and O–H groups in total. The van der Waals surface area contributed by atoms with E-state index in [2.05, 4.69) is 31.8 Å². The van der Waals surface area contributed by atoms with Crippen molar-refractivity contribution in [2.45, 2.75) is 186 Å². The Morgan fingerprint density at radius 2 is 1.49 bits per heavy atom. The number of H-pyrrole nitrogens is 1.